The van der Waals surface area contributed by atoms with E-state index in [2.05, 4.69) is 38.2 Å². The van der Waals surface area contributed by atoms with Crippen molar-refractivity contribution >= 4 is 11.9 Å². The average Bonchev–Trinajstić information content (AvgIpc) is 3.26. The Morgan fingerprint density at radius 2 is 0.774 bits per heavy atom. The standard InChI is InChI=1S/C56H109NO5/c1-4-7-10-13-16-19-22-24-26-28-29-31-33-35-38-41-44-47-52(50-55(60)57-53(51-58)54(59)48-45-42-39-36-21-18-15-12-9-6-3)62-56(61)49-46-43-40-37-34-32-30-27-25-23-20-17-14-11-8-5-2/h24,26,52-54,58-59H,4-23,25,27-51H2,1-3H3,(H,57,60)/b26-24+. The molecule has 3 N–H and O–H groups in total. The van der Waals surface area contributed by atoms with E-state index in [0.717, 1.165) is 51.4 Å². The van der Waals surface area contributed by atoms with Gasteiger partial charge in [0.15, 0.2) is 0 Å². The summed E-state index contributed by atoms with van der Waals surface area (Å²) in [6.07, 6.45) is 57.1. The van der Waals surface area contributed by atoms with E-state index in [1.165, 1.54) is 212 Å². The fourth-order valence-corrected chi connectivity index (χ4v) is 8.84. The van der Waals surface area contributed by atoms with Crippen molar-refractivity contribution in [3.05, 3.63) is 12.2 Å². The summed E-state index contributed by atoms with van der Waals surface area (Å²) in [5.41, 5.74) is 0. The van der Waals surface area contributed by atoms with Gasteiger partial charge in [-0.1, -0.05) is 258 Å². The third kappa shape index (κ3) is 45.2. The minimum absolute atomic E-state index is 0.0819. The lowest BCUT2D eigenvalue weighted by molar-refractivity contribution is -0.151. The number of aliphatic hydroxyl groups excluding tert-OH is 2. The maximum atomic E-state index is 13.2. The quantitative estimate of drug-likeness (QED) is 0.0321. The van der Waals surface area contributed by atoms with E-state index in [9.17, 15) is 19.8 Å². The van der Waals surface area contributed by atoms with Crippen LogP contribution in [-0.2, 0) is 14.3 Å². The normalized spacial score (nSPS) is 13.2. The Morgan fingerprint density at radius 1 is 0.452 bits per heavy atom. The molecule has 0 spiro atoms. The number of nitrogens with one attached hydrogen (secondary N) is 1. The molecule has 0 rings (SSSR count). The molecule has 0 aliphatic heterocycles. The predicted octanol–water partition coefficient (Wildman–Crippen LogP) is 16.9. The molecule has 0 aromatic carbocycles. The molecule has 0 aliphatic rings. The summed E-state index contributed by atoms with van der Waals surface area (Å²) in [6, 6.07) is -0.696. The van der Waals surface area contributed by atoms with Crippen molar-refractivity contribution in [1.29, 1.82) is 0 Å². The number of carbonyl (C=O) groups is 2. The van der Waals surface area contributed by atoms with Gasteiger partial charge in [-0.05, 0) is 51.4 Å². The van der Waals surface area contributed by atoms with E-state index in [1.54, 1.807) is 0 Å². The second kappa shape index (κ2) is 50.6. The Hall–Kier alpha value is -1.40. The maximum Gasteiger partial charge on any atom is 0.306 e. The Labute approximate surface area is 387 Å². The lowest BCUT2D eigenvalue weighted by Gasteiger charge is -2.24. The third-order valence-corrected chi connectivity index (χ3v) is 13.1. The summed E-state index contributed by atoms with van der Waals surface area (Å²) in [4.78, 5) is 26.2. The molecule has 3 atom stereocenters. The first kappa shape index (κ1) is 60.6. The minimum Gasteiger partial charge on any atom is -0.462 e. The highest BCUT2D eigenvalue weighted by molar-refractivity contribution is 5.77. The van der Waals surface area contributed by atoms with Gasteiger partial charge in [-0.2, -0.15) is 0 Å². The molecular formula is C56H109NO5. The molecule has 6 heteroatoms. The molecule has 0 saturated heterocycles. The second-order valence-electron chi connectivity index (χ2n) is 19.3. The van der Waals surface area contributed by atoms with E-state index in [-0.39, 0.29) is 24.9 Å². The largest absolute Gasteiger partial charge is 0.462 e. The molecule has 1 amide bonds. The van der Waals surface area contributed by atoms with Gasteiger partial charge >= 0.3 is 5.97 Å². The van der Waals surface area contributed by atoms with Crippen LogP contribution < -0.4 is 5.32 Å². The van der Waals surface area contributed by atoms with Gasteiger partial charge in [0.25, 0.3) is 0 Å². The lowest BCUT2D eigenvalue weighted by Crippen LogP contribution is -2.46. The Bertz CT molecular complexity index is 939. The molecule has 0 fully saturated rings. The lowest BCUT2D eigenvalue weighted by atomic mass is 10.0. The van der Waals surface area contributed by atoms with Crippen molar-refractivity contribution in [3.63, 3.8) is 0 Å². The summed E-state index contributed by atoms with van der Waals surface area (Å²) in [5, 5.41) is 23.8. The van der Waals surface area contributed by atoms with E-state index in [0.29, 0.717) is 19.3 Å². The molecule has 0 aliphatic carbocycles. The molecule has 6 nitrogen and oxygen atoms in total. The van der Waals surface area contributed by atoms with Gasteiger partial charge in [-0.3, -0.25) is 9.59 Å². The van der Waals surface area contributed by atoms with E-state index < -0.39 is 18.2 Å². The first-order chi connectivity index (χ1) is 30.5. The van der Waals surface area contributed by atoms with Crippen molar-refractivity contribution in [3.8, 4) is 0 Å². The molecule has 62 heavy (non-hydrogen) atoms. The molecule has 0 aromatic rings. The van der Waals surface area contributed by atoms with Gasteiger partial charge in [-0.15, -0.1) is 0 Å². The van der Waals surface area contributed by atoms with Crippen LogP contribution in [0.15, 0.2) is 12.2 Å². The number of rotatable bonds is 51. The smallest absolute Gasteiger partial charge is 0.306 e. The van der Waals surface area contributed by atoms with Gasteiger partial charge in [0.05, 0.1) is 25.2 Å². The first-order valence-corrected chi connectivity index (χ1v) is 27.9. The number of unbranched alkanes of at least 4 members (excludes halogenated alkanes) is 37. The van der Waals surface area contributed by atoms with Crippen LogP contribution in [-0.4, -0.2) is 46.9 Å². The van der Waals surface area contributed by atoms with E-state index in [1.807, 2.05) is 0 Å². The zero-order valence-electron chi connectivity index (χ0n) is 42.0. The average molecular weight is 876 g/mol. The number of amides is 1. The molecule has 0 aromatic heterocycles. The predicted molar refractivity (Wildman–Crippen MR) is 269 cm³/mol. The molecule has 368 valence electrons. The zero-order chi connectivity index (χ0) is 45.2. The van der Waals surface area contributed by atoms with Gasteiger partial charge in [0.2, 0.25) is 5.91 Å². The summed E-state index contributed by atoms with van der Waals surface area (Å²) < 4.78 is 5.96. The Balaban J connectivity index is 4.52. The van der Waals surface area contributed by atoms with Crippen molar-refractivity contribution in [2.45, 2.75) is 328 Å². The number of aliphatic hydroxyl groups is 2. The summed E-state index contributed by atoms with van der Waals surface area (Å²) in [7, 11) is 0. The van der Waals surface area contributed by atoms with Crippen LogP contribution in [0.5, 0.6) is 0 Å². The number of ether oxygens (including phenoxy) is 1. The number of hydrogen-bond donors (Lipinski definition) is 3. The van der Waals surface area contributed by atoms with Crippen molar-refractivity contribution in [1.82, 2.24) is 5.32 Å². The third-order valence-electron chi connectivity index (χ3n) is 13.1. The van der Waals surface area contributed by atoms with Crippen molar-refractivity contribution < 1.29 is 24.5 Å². The van der Waals surface area contributed by atoms with Crippen LogP contribution >= 0.6 is 0 Å². The summed E-state index contributed by atoms with van der Waals surface area (Å²) in [6.45, 7) is 6.50. The number of carbonyl (C=O) groups excluding carboxylic acids is 2. The van der Waals surface area contributed by atoms with Crippen LogP contribution in [0.3, 0.4) is 0 Å². The molecule has 0 radical (unpaired) electrons. The zero-order valence-corrected chi connectivity index (χ0v) is 42.0. The monoisotopic (exact) mass is 876 g/mol. The summed E-state index contributed by atoms with van der Waals surface area (Å²) in [5.74, 6) is -0.457. The van der Waals surface area contributed by atoms with Crippen molar-refractivity contribution in [2.24, 2.45) is 0 Å². The highest BCUT2D eigenvalue weighted by Crippen LogP contribution is 2.19. The van der Waals surface area contributed by atoms with Gasteiger partial charge in [-0.25, -0.2) is 0 Å². The number of esters is 1. The Kier molecular flexibility index (Phi) is 49.5. The van der Waals surface area contributed by atoms with E-state index >= 15 is 0 Å². The molecule has 0 heterocycles. The SMILES string of the molecule is CCCCCCCC/C=C/CCCCCCCCCC(CC(=O)NC(CO)C(O)CCCCCCCCCCCC)OC(=O)CCCCCCCCCCCCCCCCCC. The van der Waals surface area contributed by atoms with Crippen molar-refractivity contribution in [2.75, 3.05) is 6.61 Å². The fourth-order valence-electron chi connectivity index (χ4n) is 8.84. The van der Waals surface area contributed by atoms with Crippen LogP contribution in [0.1, 0.15) is 310 Å². The minimum atomic E-state index is -0.782. The molecular weight excluding hydrogens is 767 g/mol. The van der Waals surface area contributed by atoms with Gasteiger partial charge in [0.1, 0.15) is 6.10 Å². The number of hydrogen-bond acceptors (Lipinski definition) is 5. The summed E-state index contributed by atoms with van der Waals surface area (Å²) >= 11 is 0. The number of allylic oxidation sites excluding steroid dienone is 2. The molecule has 3 unspecified atom stereocenters. The van der Waals surface area contributed by atoms with Gasteiger partial charge in [0, 0.05) is 6.42 Å². The van der Waals surface area contributed by atoms with Crippen LogP contribution in [0.25, 0.3) is 0 Å². The highest BCUT2D eigenvalue weighted by Gasteiger charge is 2.24. The van der Waals surface area contributed by atoms with Crippen LogP contribution in [0.4, 0.5) is 0 Å². The Morgan fingerprint density at radius 3 is 1.15 bits per heavy atom. The van der Waals surface area contributed by atoms with E-state index in [4.69, 9.17) is 4.74 Å². The topological polar surface area (TPSA) is 95.9 Å². The fraction of sp³-hybridized carbons (Fsp3) is 0.929. The molecule has 0 saturated carbocycles. The first-order valence-electron chi connectivity index (χ1n) is 27.9. The second-order valence-corrected chi connectivity index (χ2v) is 19.3. The van der Waals surface area contributed by atoms with Crippen LogP contribution in [0, 0.1) is 0 Å². The highest BCUT2D eigenvalue weighted by atomic mass is 16.5. The van der Waals surface area contributed by atoms with Crippen LogP contribution in [0.2, 0.25) is 0 Å². The molecule has 0 bridgehead atoms. The maximum absolute atomic E-state index is 13.2. The van der Waals surface area contributed by atoms with Gasteiger partial charge < -0.3 is 20.3 Å².